The van der Waals surface area contributed by atoms with Gasteiger partial charge < -0.3 is 20.3 Å². The van der Waals surface area contributed by atoms with Crippen LogP contribution in [0.3, 0.4) is 0 Å². The van der Waals surface area contributed by atoms with Crippen molar-refractivity contribution in [3.8, 4) is 0 Å². The van der Waals surface area contributed by atoms with Crippen LogP contribution in [0.1, 0.15) is 13.3 Å². The molecule has 0 aromatic heterocycles. The van der Waals surface area contributed by atoms with Crippen molar-refractivity contribution in [2.75, 3.05) is 84.6 Å². The van der Waals surface area contributed by atoms with Crippen LogP contribution in [0.2, 0.25) is 0 Å². The predicted octanol–water partition coefficient (Wildman–Crippen LogP) is -0.760. The molecular formula is C16H35N5O3S. The molecule has 0 radical (unpaired) electrons. The van der Waals surface area contributed by atoms with Gasteiger partial charge in [0.15, 0.2) is 15.8 Å². The van der Waals surface area contributed by atoms with E-state index in [2.05, 4.69) is 32.5 Å². The summed E-state index contributed by atoms with van der Waals surface area (Å²) in [6, 6.07) is 0. The summed E-state index contributed by atoms with van der Waals surface area (Å²) in [6.07, 6.45) is 1.03. The minimum absolute atomic E-state index is 0.268. The highest BCUT2D eigenvalue weighted by Gasteiger charge is 2.20. The van der Waals surface area contributed by atoms with Gasteiger partial charge in [0.25, 0.3) is 0 Å². The zero-order valence-electron chi connectivity index (χ0n) is 16.0. The Kier molecular flexibility index (Phi) is 11.0. The molecule has 1 heterocycles. The summed E-state index contributed by atoms with van der Waals surface area (Å²) in [6.45, 7) is 9.14. The van der Waals surface area contributed by atoms with Crippen molar-refractivity contribution in [3.05, 3.63) is 0 Å². The molecule has 1 fully saturated rings. The minimum Gasteiger partial charge on any atom is -0.385 e. The summed E-state index contributed by atoms with van der Waals surface area (Å²) in [5.41, 5.74) is 0. The number of methoxy groups -OCH3 is 1. The van der Waals surface area contributed by atoms with Crippen LogP contribution in [0.15, 0.2) is 4.99 Å². The molecular weight excluding hydrogens is 342 g/mol. The Hall–Kier alpha value is -0.900. The second kappa shape index (κ2) is 12.5. The highest BCUT2D eigenvalue weighted by atomic mass is 32.2. The molecule has 2 N–H and O–H groups in total. The van der Waals surface area contributed by atoms with Crippen LogP contribution in [0, 0.1) is 0 Å². The average molecular weight is 378 g/mol. The number of hydrogen-bond donors (Lipinski definition) is 2. The van der Waals surface area contributed by atoms with Gasteiger partial charge in [-0.3, -0.25) is 9.89 Å². The van der Waals surface area contributed by atoms with Crippen LogP contribution in [-0.2, 0) is 14.6 Å². The molecule has 0 amide bonds. The second-order valence-corrected chi connectivity index (χ2v) is 8.63. The zero-order valence-corrected chi connectivity index (χ0v) is 16.8. The second-order valence-electron chi connectivity index (χ2n) is 6.33. The number of nitrogens with zero attached hydrogens (tertiary/aromatic N) is 3. The van der Waals surface area contributed by atoms with Crippen LogP contribution in [0.25, 0.3) is 0 Å². The van der Waals surface area contributed by atoms with E-state index in [1.165, 1.54) is 0 Å². The van der Waals surface area contributed by atoms with Crippen molar-refractivity contribution in [1.29, 1.82) is 0 Å². The zero-order chi connectivity index (χ0) is 18.5. The summed E-state index contributed by atoms with van der Waals surface area (Å²) in [5, 5.41) is 6.59. The van der Waals surface area contributed by atoms with Gasteiger partial charge in [-0.1, -0.05) is 0 Å². The SMILES string of the molecule is CCNC(=NCCN1CCS(=O)(=O)CC1)NCCN(C)CCCOC. The van der Waals surface area contributed by atoms with E-state index in [9.17, 15) is 8.42 Å². The molecule has 0 bridgehead atoms. The van der Waals surface area contributed by atoms with E-state index in [0.717, 1.165) is 51.7 Å². The van der Waals surface area contributed by atoms with Gasteiger partial charge >= 0.3 is 0 Å². The third-order valence-electron chi connectivity index (χ3n) is 4.14. The molecule has 0 aromatic rings. The molecule has 0 saturated carbocycles. The topological polar surface area (TPSA) is 86.3 Å². The average Bonchev–Trinajstić information content (AvgIpc) is 2.56. The molecule has 0 aromatic carbocycles. The Morgan fingerprint density at radius 1 is 1.24 bits per heavy atom. The first kappa shape index (κ1) is 22.1. The van der Waals surface area contributed by atoms with E-state index in [1.54, 1.807) is 7.11 Å². The normalized spacial score (nSPS) is 18.5. The van der Waals surface area contributed by atoms with Crippen LogP contribution in [-0.4, -0.2) is 109 Å². The number of nitrogens with one attached hydrogen (secondary N) is 2. The van der Waals surface area contributed by atoms with Gasteiger partial charge in [0.2, 0.25) is 0 Å². The van der Waals surface area contributed by atoms with Crippen molar-refractivity contribution < 1.29 is 13.2 Å². The van der Waals surface area contributed by atoms with E-state index in [0.29, 0.717) is 19.6 Å². The fourth-order valence-electron chi connectivity index (χ4n) is 2.57. The monoisotopic (exact) mass is 377 g/mol. The van der Waals surface area contributed by atoms with Crippen molar-refractivity contribution in [3.63, 3.8) is 0 Å². The summed E-state index contributed by atoms with van der Waals surface area (Å²) in [7, 11) is 1.02. The number of guanidine groups is 1. The summed E-state index contributed by atoms with van der Waals surface area (Å²) >= 11 is 0. The highest BCUT2D eigenvalue weighted by Crippen LogP contribution is 2.02. The first-order valence-corrected chi connectivity index (χ1v) is 10.9. The van der Waals surface area contributed by atoms with Gasteiger partial charge in [-0.2, -0.15) is 0 Å². The molecule has 8 nitrogen and oxygen atoms in total. The molecule has 1 aliphatic rings. The number of rotatable bonds is 11. The molecule has 0 unspecified atom stereocenters. The lowest BCUT2D eigenvalue weighted by Gasteiger charge is -2.25. The van der Waals surface area contributed by atoms with E-state index >= 15 is 0 Å². The fraction of sp³-hybridized carbons (Fsp3) is 0.938. The Morgan fingerprint density at radius 3 is 2.60 bits per heavy atom. The van der Waals surface area contributed by atoms with E-state index in [-0.39, 0.29) is 11.5 Å². The number of hydrogen-bond acceptors (Lipinski definition) is 6. The van der Waals surface area contributed by atoms with Gasteiger partial charge in [0.05, 0.1) is 18.1 Å². The molecule has 0 spiro atoms. The molecule has 0 aliphatic carbocycles. The maximum absolute atomic E-state index is 11.4. The molecule has 25 heavy (non-hydrogen) atoms. The van der Waals surface area contributed by atoms with E-state index < -0.39 is 9.84 Å². The van der Waals surface area contributed by atoms with Crippen molar-refractivity contribution in [2.24, 2.45) is 4.99 Å². The maximum Gasteiger partial charge on any atom is 0.191 e. The van der Waals surface area contributed by atoms with Crippen LogP contribution >= 0.6 is 0 Å². The molecule has 148 valence electrons. The van der Waals surface area contributed by atoms with Crippen LogP contribution < -0.4 is 10.6 Å². The summed E-state index contributed by atoms with van der Waals surface area (Å²) in [4.78, 5) is 9.01. The molecule has 1 aliphatic heterocycles. The Morgan fingerprint density at radius 2 is 1.96 bits per heavy atom. The summed E-state index contributed by atoms with van der Waals surface area (Å²) < 4.78 is 27.9. The number of aliphatic imine (C=N–C) groups is 1. The Balaban J connectivity index is 2.24. The van der Waals surface area contributed by atoms with Crippen LogP contribution in [0.5, 0.6) is 0 Å². The van der Waals surface area contributed by atoms with E-state index in [1.807, 2.05) is 6.92 Å². The standard InChI is InChI=1S/C16H35N5O3S/c1-4-17-16(18-6-9-20(2)8-5-13-24-3)19-7-10-21-11-14-25(22,23)15-12-21/h4-15H2,1-3H3,(H2,17,18,19). The lowest BCUT2D eigenvalue weighted by molar-refractivity contribution is 0.180. The lowest BCUT2D eigenvalue weighted by atomic mass is 10.4. The molecule has 0 atom stereocenters. The lowest BCUT2D eigenvalue weighted by Crippen LogP contribution is -2.43. The number of sulfone groups is 1. The quantitative estimate of drug-likeness (QED) is 0.278. The smallest absolute Gasteiger partial charge is 0.191 e. The van der Waals surface area contributed by atoms with Gasteiger partial charge in [-0.25, -0.2) is 8.42 Å². The van der Waals surface area contributed by atoms with Crippen LogP contribution in [0.4, 0.5) is 0 Å². The fourth-order valence-corrected chi connectivity index (χ4v) is 3.85. The van der Waals surface area contributed by atoms with E-state index in [4.69, 9.17) is 4.74 Å². The predicted molar refractivity (Wildman–Crippen MR) is 103 cm³/mol. The highest BCUT2D eigenvalue weighted by molar-refractivity contribution is 7.91. The minimum atomic E-state index is -2.81. The number of likely N-dealkylation sites (N-methyl/N-ethyl adjacent to an activating group) is 1. The van der Waals surface area contributed by atoms with Crippen molar-refractivity contribution in [1.82, 2.24) is 20.4 Å². The Labute approximate surface area is 152 Å². The van der Waals surface area contributed by atoms with Crippen molar-refractivity contribution in [2.45, 2.75) is 13.3 Å². The number of ether oxygens (including phenoxy) is 1. The van der Waals surface area contributed by atoms with Gasteiger partial charge in [0.1, 0.15) is 0 Å². The van der Waals surface area contributed by atoms with Gasteiger partial charge in [-0.15, -0.1) is 0 Å². The maximum atomic E-state index is 11.4. The summed E-state index contributed by atoms with van der Waals surface area (Å²) in [5.74, 6) is 1.35. The largest absolute Gasteiger partial charge is 0.385 e. The first-order chi connectivity index (χ1) is 12.0. The molecule has 1 saturated heterocycles. The van der Waals surface area contributed by atoms with Gasteiger partial charge in [0, 0.05) is 59.5 Å². The molecule has 1 rings (SSSR count). The van der Waals surface area contributed by atoms with Gasteiger partial charge in [-0.05, 0) is 20.4 Å². The third kappa shape index (κ3) is 10.6. The Bertz CT molecular complexity index is 470. The first-order valence-electron chi connectivity index (χ1n) is 9.09. The van der Waals surface area contributed by atoms with Crippen molar-refractivity contribution >= 4 is 15.8 Å². The third-order valence-corrected chi connectivity index (χ3v) is 5.75. The molecule has 9 heteroatoms.